The van der Waals surface area contributed by atoms with Crippen LogP contribution in [0.2, 0.25) is 5.02 Å². The minimum Gasteiger partial charge on any atom is -0.355 e. The number of hydrogen-bond acceptors (Lipinski definition) is 3. The van der Waals surface area contributed by atoms with E-state index in [1.54, 1.807) is 24.3 Å². The Kier molecular flexibility index (Phi) is 5.83. The predicted octanol–water partition coefficient (Wildman–Crippen LogP) is 2.41. The summed E-state index contributed by atoms with van der Waals surface area (Å²) in [6, 6.07) is 6.23. The minimum atomic E-state index is -1.15. The molecule has 7 heteroatoms. The summed E-state index contributed by atoms with van der Waals surface area (Å²) >= 11 is 5.89. The van der Waals surface area contributed by atoms with Gasteiger partial charge in [-0.2, -0.15) is 0 Å². The molecule has 2 rings (SSSR count). The van der Waals surface area contributed by atoms with Gasteiger partial charge in [0.25, 0.3) is 5.91 Å². The summed E-state index contributed by atoms with van der Waals surface area (Å²) in [6.07, 6.45) is 2.20. The van der Waals surface area contributed by atoms with E-state index >= 15 is 0 Å². The van der Waals surface area contributed by atoms with Crippen LogP contribution in [0.4, 0.5) is 4.79 Å². The molecule has 1 unspecified atom stereocenters. The fraction of sp³-hybridized carbons (Fsp3) is 0.471. The van der Waals surface area contributed by atoms with E-state index in [2.05, 4.69) is 10.6 Å². The second kappa shape index (κ2) is 7.66. The van der Waals surface area contributed by atoms with E-state index in [0.29, 0.717) is 23.6 Å². The van der Waals surface area contributed by atoms with Gasteiger partial charge in [0.15, 0.2) is 0 Å². The Hall–Kier alpha value is -2.08. The third-order valence-corrected chi connectivity index (χ3v) is 4.45. The summed E-state index contributed by atoms with van der Waals surface area (Å²) in [5.74, 6) is -0.752. The second-order valence-corrected chi connectivity index (χ2v) is 6.23. The third-order valence-electron chi connectivity index (χ3n) is 4.20. The van der Waals surface area contributed by atoms with Gasteiger partial charge in [-0.05, 0) is 30.5 Å². The molecule has 1 aromatic rings. The van der Waals surface area contributed by atoms with Gasteiger partial charge in [-0.15, -0.1) is 0 Å². The van der Waals surface area contributed by atoms with Crippen LogP contribution in [0, 0.1) is 0 Å². The number of unbranched alkanes of at least 4 members (excludes halogenated alkanes) is 1. The van der Waals surface area contributed by atoms with Crippen molar-refractivity contribution in [2.75, 3.05) is 13.1 Å². The average molecular weight is 352 g/mol. The summed E-state index contributed by atoms with van der Waals surface area (Å²) in [5, 5.41) is 6.00. The van der Waals surface area contributed by atoms with Gasteiger partial charge in [-0.1, -0.05) is 44.0 Å². The first-order valence-corrected chi connectivity index (χ1v) is 8.49. The molecule has 0 aliphatic carbocycles. The molecule has 0 aromatic heterocycles. The first kappa shape index (κ1) is 18.3. The molecule has 1 atom stereocenters. The van der Waals surface area contributed by atoms with Crippen molar-refractivity contribution in [2.45, 2.75) is 38.6 Å². The Morgan fingerprint density at radius 2 is 1.92 bits per heavy atom. The van der Waals surface area contributed by atoms with Crippen LogP contribution in [0.3, 0.4) is 0 Å². The molecule has 0 radical (unpaired) electrons. The molecule has 4 amide bonds. The van der Waals surface area contributed by atoms with E-state index in [9.17, 15) is 14.4 Å². The number of nitrogens with one attached hydrogen (secondary N) is 2. The molecule has 1 aliphatic heterocycles. The quantitative estimate of drug-likeness (QED) is 0.585. The highest BCUT2D eigenvalue weighted by molar-refractivity contribution is 6.30. The summed E-state index contributed by atoms with van der Waals surface area (Å²) in [7, 11) is 0. The van der Waals surface area contributed by atoms with Crippen molar-refractivity contribution in [3.8, 4) is 0 Å². The molecular formula is C17H22ClN3O3. The lowest BCUT2D eigenvalue weighted by molar-refractivity contribution is -0.135. The van der Waals surface area contributed by atoms with Crippen LogP contribution in [0.5, 0.6) is 0 Å². The standard InChI is InChI=1S/C17H22ClN3O3/c1-3-5-10-19-14(22)11-21-15(23)17(4-2,20-16(21)24)12-6-8-13(18)9-7-12/h6-9H,3-5,10-11H2,1-2H3,(H,19,22)(H,20,24). The van der Waals surface area contributed by atoms with Crippen molar-refractivity contribution in [1.82, 2.24) is 15.5 Å². The summed E-state index contributed by atoms with van der Waals surface area (Å²) < 4.78 is 0. The lowest BCUT2D eigenvalue weighted by atomic mass is 9.87. The smallest absolute Gasteiger partial charge is 0.325 e. The average Bonchev–Trinajstić information content (AvgIpc) is 2.81. The first-order valence-electron chi connectivity index (χ1n) is 8.11. The fourth-order valence-electron chi connectivity index (χ4n) is 2.75. The second-order valence-electron chi connectivity index (χ2n) is 5.79. The number of amides is 4. The molecule has 1 saturated heterocycles. The Morgan fingerprint density at radius 1 is 1.25 bits per heavy atom. The molecule has 130 valence electrons. The molecule has 1 heterocycles. The van der Waals surface area contributed by atoms with Crippen LogP contribution in [0.25, 0.3) is 0 Å². The zero-order valence-corrected chi connectivity index (χ0v) is 14.7. The summed E-state index contributed by atoms with van der Waals surface area (Å²) in [5.41, 5.74) is -0.493. The zero-order valence-electron chi connectivity index (χ0n) is 13.9. The highest BCUT2D eigenvalue weighted by atomic mass is 35.5. The van der Waals surface area contributed by atoms with Crippen LogP contribution in [0.15, 0.2) is 24.3 Å². The van der Waals surface area contributed by atoms with E-state index in [0.717, 1.165) is 17.7 Å². The van der Waals surface area contributed by atoms with Crippen LogP contribution in [-0.2, 0) is 15.1 Å². The topological polar surface area (TPSA) is 78.5 Å². The minimum absolute atomic E-state index is 0.274. The molecule has 1 fully saturated rings. The zero-order chi connectivity index (χ0) is 17.7. The van der Waals surface area contributed by atoms with Crippen LogP contribution in [0.1, 0.15) is 38.7 Å². The molecule has 2 N–H and O–H groups in total. The SMILES string of the molecule is CCCCNC(=O)CN1C(=O)NC(CC)(c2ccc(Cl)cc2)C1=O. The molecular weight excluding hydrogens is 330 g/mol. The summed E-state index contributed by atoms with van der Waals surface area (Å²) in [4.78, 5) is 38.0. The largest absolute Gasteiger partial charge is 0.355 e. The van der Waals surface area contributed by atoms with Gasteiger partial charge < -0.3 is 10.6 Å². The first-order chi connectivity index (χ1) is 11.4. The van der Waals surface area contributed by atoms with Gasteiger partial charge >= 0.3 is 6.03 Å². The van der Waals surface area contributed by atoms with Crippen molar-refractivity contribution >= 4 is 29.4 Å². The number of nitrogens with zero attached hydrogens (tertiary/aromatic N) is 1. The van der Waals surface area contributed by atoms with Crippen LogP contribution in [-0.4, -0.2) is 35.8 Å². The monoisotopic (exact) mass is 351 g/mol. The molecule has 1 aromatic carbocycles. The number of rotatable bonds is 7. The van der Waals surface area contributed by atoms with Crippen molar-refractivity contribution < 1.29 is 14.4 Å². The van der Waals surface area contributed by atoms with Crippen molar-refractivity contribution in [3.05, 3.63) is 34.9 Å². The van der Waals surface area contributed by atoms with E-state index < -0.39 is 17.5 Å². The lowest BCUT2D eigenvalue weighted by Crippen LogP contribution is -2.44. The maximum Gasteiger partial charge on any atom is 0.325 e. The van der Waals surface area contributed by atoms with Gasteiger partial charge in [0.05, 0.1) is 0 Å². The van der Waals surface area contributed by atoms with E-state index in [-0.39, 0.29) is 12.5 Å². The van der Waals surface area contributed by atoms with E-state index in [1.165, 1.54) is 0 Å². The predicted molar refractivity (Wildman–Crippen MR) is 91.6 cm³/mol. The van der Waals surface area contributed by atoms with Crippen LogP contribution < -0.4 is 10.6 Å². The van der Waals surface area contributed by atoms with E-state index in [4.69, 9.17) is 11.6 Å². The number of urea groups is 1. The Balaban J connectivity index is 2.16. The number of benzene rings is 1. The van der Waals surface area contributed by atoms with Crippen molar-refractivity contribution in [3.63, 3.8) is 0 Å². The van der Waals surface area contributed by atoms with Crippen molar-refractivity contribution in [2.24, 2.45) is 0 Å². The molecule has 24 heavy (non-hydrogen) atoms. The van der Waals surface area contributed by atoms with Gasteiger partial charge in [-0.25, -0.2) is 4.79 Å². The highest BCUT2D eigenvalue weighted by Gasteiger charge is 2.51. The fourth-order valence-corrected chi connectivity index (χ4v) is 2.87. The maximum atomic E-state index is 12.8. The molecule has 1 aliphatic rings. The molecule has 0 bridgehead atoms. The van der Waals surface area contributed by atoms with Gasteiger partial charge in [0.2, 0.25) is 5.91 Å². The number of halogens is 1. The third kappa shape index (κ3) is 3.53. The molecule has 0 saturated carbocycles. The molecule has 0 spiro atoms. The number of carbonyl (C=O) groups excluding carboxylic acids is 3. The highest BCUT2D eigenvalue weighted by Crippen LogP contribution is 2.32. The summed E-state index contributed by atoms with van der Waals surface area (Å²) in [6.45, 7) is 4.10. The Morgan fingerprint density at radius 3 is 2.50 bits per heavy atom. The number of carbonyl (C=O) groups is 3. The Bertz CT molecular complexity index is 632. The Labute approximate surface area is 146 Å². The molecule has 6 nitrogen and oxygen atoms in total. The lowest BCUT2D eigenvalue weighted by Gasteiger charge is -2.25. The van der Waals surface area contributed by atoms with Crippen molar-refractivity contribution in [1.29, 1.82) is 0 Å². The van der Waals surface area contributed by atoms with Gasteiger partial charge in [0.1, 0.15) is 12.1 Å². The van der Waals surface area contributed by atoms with E-state index in [1.807, 2.05) is 13.8 Å². The van der Waals surface area contributed by atoms with Crippen LogP contribution >= 0.6 is 11.6 Å². The van der Waals surface area contributed by atoms with Gasteiger partial charge in [-0.3, -0.25) is 14.5 Å². The maximum absolute atomic E-state index is 12.8. The normalized spacial score (nSPS) is 20.2. The van der Waals surface area contributed by atoms with Gasteiger partial charge in [0, 0.05) is 11.6 Å². The number of imide groups is 1. The number of hydrogen-bond donors (Lipinski definition) is 2.